The molecule has 0 fully saturated rings. The lowest BCUT2D eigenvalue weighted by molar-refractivity contribution is -0.141. The van der Waals surface area contributed by atoms with Crippen LogP contribution in [0.2, 0.25) is 10.0 Å². The summed E-state index contributed by atoms with van der Waals surface area (Å²) < 4.78 is 26.3. The molecule has 0 bridgehead atoms. The smallest absolute Gasteiger partial charge is 0.242 e. The van der Waals surface area contributed by atoms with Crippen molar-refractivity contribution in [1.82, 2.24) is 10.2 Å². The van der Waals surface area contributed by atoms with E-state index in [-0.39, 0.29) is 37.7 Å². The van der Waals surface area contributed by atoms with Crippen molar-refractivity contribution in [3.63, 3.8) is 0 Å². The van der Waals surface area contributed by atoms with Gasteiger partial charge in [-0.1, -0.05) is 54.4 Å². The number of benzene rings is 2. The van der Waals surface area contributed by atoms with Crippen molar-refractivity contribution < 1.29 is 18.0 Å². The molecule has 0 aliphatic heterocycles. The number of aryl methyl sites for hydroxylation is 1. The number of likely N-dealkylation sites (N-methyl/N-ethyl adjacent to an activating group) is 1. The first-order valence-electron chi connectivity index (χ1n) is 11.5. The standard InChI is InChI=1S/C25H33Cl2N3O4S/c1-5-22(25(32)28-6-2)29(17-19-13-14-20(26)16-21(19)27)24(31)12-9-15-30(35(4,33)34)23-11-8-7-10-18(23)3/h7-8,10-11,13-14,16,22H,5-6,9,12,15,17H2,1-4H3,(H,28,32). The first-order valence-corrected chi connectivity index (χ1v) is 14.1. The Hall–Kier alpha value is -2.29. The Morgan fingerprint density at radius 1 is 1.09 bits per heavy atom. The molecule has 0 saturated heterocycles. The summed E-state index contributed by atoms with van der Waals surface area (Å²) in [5.74, 6) is -0.501. The van der Waals surface area contributed by atoms with Crippen LogP contribution in [0.15, 0.2) is 42.5 Å². The third-order valence-electron chi connectivity index (χ3n) is 5.63. The van der Waals surface area contributed by atoms with Gasteiger partial charge in [-0.2, -0.15) is 0 Å². The summed E-state index contributed by atoms with van der Waals surface area (Å²) in [6.07, 6.45) is 1.93. The normalized spacial score (nSPS) is 12.2. The number of carbonyl (C=O) groups excluding carboxylic acids is 2. The lowest BCUT2D eigenvalue weighted by Crippen LogP contribution is -2.49. The summed E-state index contributed by atoms with van der Waals surface area (Å²) in [4.78, 5) is 27.6. The van der Waals surface area contributed by atoms with E-state index in [2.05, 4.69) is 5.32 Å². The van der Waals surface area contributed by atoms with Crippen molar-refractivity contribution in [1.29, 1.82) is 0 Å². The lowest BCUT2D eigenvalue weighted by Gasteiger charge is -2.31. The summed E-state index contributed by atoms with van der Waals surface area (Å²) in [6, 6.07) is 11.5. The second-order valence-corrected chi connectivity index (χ2v) is 11.1. The zero-order valence-electron chi connectivity index (χ0n) is 20.6. The summed E-state index contributed by atoms with van der Waals surface area (Å²) in [7, 11) is -3.54. The molecule has 0 aliphatic carbocycles. The molecule has 1 unspecified atom stereocenters. The van der Waals surface area contributed by atoms with E-state index < -0.39 is 16.1 Å². The van der Waals surface area contributed by atoms with Crippen LogP contribution in [-0.2, 0) is 26.2 Å². The van der Waals surface area contributed by atoms with Crippen LogP contribution in [0.4, 0.5) is 5.69 Å². The Morgan fingerprint density at radius 3 is 2.34 bits per heavy atom. The van der Waals surface area contributed by atoms with E-state index in [1.54, 1.807) is 30.3 Å². The highest BCUT2D eigenvalue weighted by Gasteiger charge is 2.29. The van der Waals surface area contributed by atoms with Gasteiger partial charge < -0.3 is 10.2 Å². The maximum atomic E-state index is 13.4. The SMILES string of the molecule is CCNC(=O)C(CC)N(Cc1ccc(Cl)cc1Cl)C(=O)CCCN(c1ccccc1C)S(C)(=O)=O. The average Bonchev–Trinajstić information content (AvgIpc) is 2.78. The van der Waals surface area contributed by atoms with E-state index in [9.17, 15) is 18.0 Å². The van der Waals surface area contributed by atoms with E-state index in [4.69, 9.17) is 23.2 Å². The Kier molecular flexibility index (Phi) is 10.9. The van der Waals surface area contributed by atoms with Crippen molar-refractivity contribution in [3.05, 3.63) is 63.6 Å². The monoisotopic (exact) mass is 541 g/mol. The number of carbonyl (C=O) groups is 2. The zero-order valence-corrected chi connectivity index (χ0v) is 22.9. The van der Waals surface area contributed by atoms with Gasteiger partial charge in [-0.05, 0) is 56.0 Å². The predicted molar refractivity (Wildman–Crippen MR) is 142 cm³/mol. The number of anilines is 1. The molecule has 0 saturated carbocycles. The van der Waals surface area contributed by atoms with Crippen LogP contribution < -0.4 is 9.62 Å². The van der Waals surface area contributed by atoms with Crippen LogP contribution in [0.1, 0.15) is 44.2 Å². The summed E-state index contributed by atoms with van der Waals surface area (Å²) in [5, 5.41) is 3.67. The van der Waals surface area contributed by atoms with E-state index in [1.165, 1.54) is 9.21 Å². The molecule has 1 atom stereocenters. The molecule has 0 spiro atoms. The second-order valence-electron chi connectivity index (χ2n) is 8.30. The molecule has 1 N–H and O–H groups in total. The molecule has 2 amide bonds. The Balaban J connectivity index is 2.25. The molecule has 35 heavy (non-hydrogen) atoms. The van der Waals surface area contributed by atoms with Crippen LogP contribution in [0.25, 0.3) is 0 Å². The van der Waals surface area contributed by atoms with Gasteiger partial charge in [0.1, 0.15) is 6.04 Å². The molecular formula is C25H33Cl2N3O4S. The van der Waals surface area contributed by atoms with Gasteiger partial charge in [0.2, 0.25) is 21.8 Å². The first kappa shape index (κ1) is 28.9. The van der Waals surface area contributed by atoms with Crippen molar-refractivity contribution in [2.24, 2.45) is 0 Å². The first-order chi connectivity index (χ1) is 16.5. The van der Waals surface area contributed by atoms with Crippen molar-refractivity contribution in [3.8, 4) is 0 Å². The maximum Gasteiger partial charge on any atom is 0.242 e. The number of nitrogens with one attached hydrogen (secondary N) is 1. The van der Waals surface area contributed by atoms with Crippen LogP contribution in [-0.4, -0.2) is 50.5 Å². The van der Waals surface area contributed by atoms with Gasteiger partial charge in [-0.25, -0.2) is 8.42 Å². The highest BCUT2D eigenvalue weighted by atomic mass is 35.5. The number of para-hydroxylation sites is 1. The fourth-order valence-electron chi connectivity index (χ4n) is 3.87. The fourth-order valence-corrected chi connectivity index (χ4v) is 5.36. The Morgan fingerprint density at radius 2 is 1.77 bits per heavy atom. The van der Waals surface area contributed by atoms with Gasteiger partial charge in [0.05, 0.1) is 11.9 Å². The number of amides is 2. The molecule has 0 aromatic heterocycles. The van der Waals surface area contributed by atoms with E-state index >= 15 is 0 Å². The molecule has 2 aromatic carbocycles. The highest BCUT2D eigenvalue weighted by Crippen LogP contribution is 2.25. The van der Waals surface area contributed by atoms with Gasteiger partial charge in [-0.15, -0.1) is 0 Å². The van der Waals surface area contributed by atoms with Crippen LogP contribution in [0, 0.1) is 6.92 Å². The van der Waals surface area contributed by atoms with Crippen LogP contribution in [0.3, 0.4) is 0 Å². The molecule has 0 aliphatic rings. The minimum atomic E-state index is -3.54. The van der Waals surface area contributed by atoms with Crippen LogP contribution >= 0.6 is 23.2 Å². The van der Waals surface area contributed by atoms with Crippen molar-refractivity contribution in [2.45, 2.75) is 52.6 Å². The van der Waals surface area contributed by atoms with Crippen molar-refractivity contribution >= 4 is 50.7 Å². The third-order valence-corrected chi connectivity index (χ3v) is 7.40. The minimum absolute atomic E-state index is 0.0685. The van der Waals surface area contributed by atoms with E-state index in [0.29, 0.717) is 34.3 Å². The van der Waals surface area contributed by atoms with E-state index in [0.717, 1.165) is 11.8 Å². The summed E-state index contributed by atoms with van der Waals surface area (Å²) in [5.41, 5.74) is 2.08. The minimum Gasteiger partial charge on any atom is -0.355 e. The number of rotatable bonds is 12. The summed E-state index contributed by atoms with van der Waals surface area (Å²) >= 11 is 12.4. The molecular weight excluding hydrogens is 509 g/mol. The second kappa shape index (κ2) is 13.1. The third kappa shape index (κ3) is 8.12. The topological polar surface area (TPSA) is 86.8 Å². The van der Waals surface area contributed by atoms with Crippen LogP contribution in [0.5, 0.6) is 0 Å². The molecule has 0 heterocycles. The Labute approximate surface area is 218 Å². The van der Waals surface area contributed by atoms with Gasteiger partial charge in [0, 0.05) is 36.1 Å². The molecule has 0 radical (unpaired) electrons. The van der Waals surface area contributed by atoms with Gasteiger partial charge in [0.15, 0.2) is 0 Å². The largest absolute Gasteiger partial charge is 0.355 e. The molecule has 192 valence electrons. The van der Waals surface area contributed by atoms with Crippen molar-refractivity contribution in [2.75, 3.05) is 23.7 Å². The zero-order chi connectivity index (χ0) is 26.2. The maximum absolute atomic E-state index is 13.4. The predicted octanol–water partition coefficient (Wildman–Crippen LogP) is 4.79. The molecule has 2 aromatic rings. The number of nitrogens with zero attached hydrogens (tertiary/aromatic N) is 2. The molecule has 2 rings (SSSR count). The quantitative estimate of drug-likeness (QED) is 0.418. The number of halogens is 2. The van der Waals surface area contributed by atoms with E-state index in [1.807, 2.05) is 32.9 Å². The van der Waals surface area contributed by atoms with Gasteiger partial charge in [0.25, 0.3) is 0 Å². The number of hydrogen-bond donors (Lipinski definition) is 1. The molecule has 7 nitrogen and oxygen atoms in total. The van der Waals surface area contributed by atoms with Gasteiger partial charge >= 0.3 is 0 Å². The Bertz CT molecular complexity index is 1140. The average molecular weight is 543 g/mol. The van der Waals surface area contributed by atoms with Gasteiger partial charge in [-0.3, -0.25) is 13.9 Å². The number of sulfonamides is 1. The molecule has 10 heteroatoms. The summed E-state index contributed by atoms with van der Waals surface area (Å²) in [6.45, 7) is 6.22. The fraction of sp³-hybridized carbons (Fsp3) is 0.440. The highest BCUT2D eigenvalue weighted by molar-refractivity contribution is 7.92. The number of hydrogen-bond acceptors (Lipinski definition) is 4. The lowest BCUT2D eigenvalue weighted by atomic mass is 10.1.